The van der Waals surface area contributed by atoms with Crippen molar-refractivity contribution in [1.82, 2.24) is 4.31 Å². The molecule has 0 spiro atoms. The van der Waals surface area contributed by atoms with Gasteiger partial charge in [0.1, 0.15) is 0 Å². The molecule has 1 atom stereocenters. The van der Waals surface area contributed by atoms with Crippen molar-refractivity contribution in [3.8, 4) is 0 Å². The molecule has 1 saturated heterocycles. The summed E-state index contributed by atoms with van der Waals surface area (Å²) in [6.45, 7) is 1.56. The minimum atomic E-state index is -3.54. The van der Waals surface area contributed by atoms with Gasteiger partial charge < -0.3 is 15.2 Å². The van der Waals surface area contributed by atoms with Gasteiger partial charge in [0.25, 0.3) is 0 Å². The molecule has 1 aromatic rings. The summed E-state index contributed by atoms with van der Waals surface area (Å²) in [6, 6.07) is 5.36. The molecule has 2 heterocycles. The van der Waals surface area contributed by atoms with E-state index in [2.05, 4.69) is 5.32 Å². The van der Waals surface area contributed by atoms with Crippen molar-refractivity contribution < 1.29 is 18.3 Å². The van der Waals surface area contributed by atoms with Crippen molar-refractivity contribution in [2.24, 2.45) is 0 Å². The number of nitrogens with zero attached hydrogens (tertiary/aromatic N) is 1. The summed E-state index contributed by atoms with van der Waals surface area (Å²) in [7, 11) is -3.54. The Balaban J connectivity index is 1.95. The lowest BCUT2D eigenvalue weighted by molar-refractivity contribution is -0.0304. The van der Waals surface area contributed by atoms with Crippen LogP contribution in [-0.4, -0.2) is 56.8 Å². The molecule has 0 amide bonds. The van der Waals surface area contributed by atoms with Gasteiger partial charge in [-0.1, -0.05) is 6.07 Å². The van der Waals surface area contributed by atoms with Gasteiger partial charge in [0, 0.05) is 25.3 Å². The number of sulfonamides is 1. The number of ether oxygens (including phenoxy) is 1. The maximum atomic E-state index is 12.9. The Morgan fingerprint density at radius 1 is 1.43 bits per heavy atom. The molecule has 0 bridgehead atoms. The Hall–Kier alpha value is -1.15. The number of rotatable bonds is 3. The van der Waals surface area contributed by atoms with Gasteiger partial charge in [-0.05, 0) is 30.5 Å². The Kier molecular flexibility index (Phi) is 4.17. The fourth-order valence-corrected chi connectivity index (χ4v) is 4.61. The van der Waals surface area contributed by atoms with Crippen molar-refractivity contribution in [1.29, 1.82) is 0 Å². The molecule has 0 aliphatic carbocycles. The molecule has 2 aliphatic heterocycles. The van der Waals surface area contributed by atoms with E-state index in [1.807, 2.05) is 6.07 Å². The van der Waals surface area contributed by atoms with E-state index in [0.29, 0.717) is 18.0 Å². The zero-order valence-corrected chi connectivity index (χ0v) is 12.6. The average molecular weight is 312 g/mol. The number of morpholine rings is 1. The molecule has 1 fully saturated rings. The summed E-state index contributed by atoms with van der Waals surface area (Å²) >= 11 is 0. The number of aliphatic hydroxyl groups excluding tert-OH is 1. The van der Waals surface area contributed by atoms with E-state index in [0.717, 1.165) is 30.6 Å². The van der Waals surface area contributed by atoms with Crippen molar-refractivity contribution in [2.45, 2.75) is 23.8 Å². The number of aliphatic hydroxyl groups is 1. The van der Waals surface area contributed by atoms with Gasteiger partial charge in [-0.15, -0.1) is 0 Å². The Labute approximate surface area is 124 Å². The predicted molar refractivity (Wildman–Crippen MR) is 78.8 cm³/mol. The minimum Gasteiger partial charge on any atom is -0.394 e. The highest BCUT2D eigenvalue weighted by atomic mass is 32.2. The van der Waals surface area contributed by atoms with Crippen LogP contribution in [0.4, 0.5) is 5.69 Å². The number of anilines is 1. The van der Waals surface area contributed by atoms with E-state index in [9.17, 15) is 13.5 Å². The summed E-state index contributed by atoms with van der Waals surface area (Å²) in [5, 5.41) is 12.4. The van der Waals surface area contributed by atoms with E-state index in [4.69, 9.17) is 4.74 Å². The first-order valence-corrected chi connectivity index (χ1v) is 8.65. The second-order valence-corrected chi connectivity index (χ2v) is 7.26. The maximum Gasteiger partial charge on any atom is 0.243 e. The Bertz CT molecular complexity index is 617. The van der Waals surface area contributed by atoms with Gasteiger partial charge in [-0.25, -0.2) is 8.42 Å². The lowest BCUT2D eigenvalue weighted by Gasteiger charge is -2.32. The van der Waals surface area contributed by atoms with Gasteiger partial charge in [0.2, 0.25) is 10.0 Å². The molecule has 2 N–H and O–H groups in total. The van der Waals surface area contributed by atoms with Gasteiger partial charge in [0.05, 0.1) is 24.2 Å². The SMILES string of the molecule is O=S(=O)(c1cccc2c1CCCN2)N1CCOC(CO)C1. The van der Waals surface area contributed by atoms with Crippen LogP contribution in [0, 0.1) is 0 Å². The Morgan fingerprint density at radius 2 is 2.29 bits per heavy atom. The van der Waals surface area contributed by atoms with Crippen LogP contribution in [0.1, 0.15) is 12.0 Å². The fourth-order valence-electron chi connectivity index (χ4n) is 2.88. The van der Waals surface area contributed by atoms with E-state index < -0.39 is 16.1 Å². The molecule has 0 saturated carbocycles. The van der Waals surface area contributed by atoms with Crippen LogP contribution in [0.25, 0.3) is 0 Å². The fraction of sp³-hybridized carbons (Fsp3) is 0.571. The lowest BCUT2D eigenvalue weighted by atomic mass is 10.0. The van der Waals surface area contributed by atoms with Gasteiger partial charge >= 0.3 is 0 Å². The van der Waals surface area contributed by atoms with Gasteiger partial charge in [-0.2, -0.15) is 4.31 Å². The average Bonchev–Trinajstić information content (AvgIpc) is 2.54. The monoisotopic (exact) mass is 312 g/mol. The van der Waals surface area contributed by atoms with Crippen LogP contribution >= 0.6 is 0 Å². The normalized spacial score (nSPS) is 23.4. The van der Waals surface area contributed by atoms with Crippen LogP contribution in [0.15, 0.2) is 23.1 Å². The molecule has 1 aromatic carbocycles. The molecular formula is C14H20N2O4S. The molecule has 2 aliphatic rings. The summed E-state index contributed by atoms with van der Waals surface area (Å²) in [6.07, 6.45) is 1.26. The van der Waals surface area contributed by atoms with Crippen molar-refractivity contribution in [2.75, 3.05) is 38.2 Å². The van der Waals surface area contributed by atoms with Crippen molar-refractivity contribution >= 4 is 15.7 Å². The number of benzene rings is 1. The van der Waals surface area contributed by atoms with E-state index in [1.165, 1.54) is 4.31 Å². The smallest absolute Gasteiger partial charge is 0.243 e. The maximum absolute atomic E-state index is 12.9. The van der Waals surface area contributed by atoms with Crippen LogP contribution in [0.3, 0.4) is 0 Å². The summed E-state index contributed by atoms with van der Waals surface area (Å²) in [5.74, 6) is 0. The second kappa shape index (κ2) is 5.92. The van der Waals surface area contributed by atoms with Crippen LogP contribution < -0.4 is 5.32 Å². The van der Waals surface area contributed by atoms with Gasteiger partial charge in [-0.3, -0.25) is 0 Å². The summed E-state index contributed by atoms with van der Waals surface area (Å²) in [4.78, 5) is 0.380. The van der Waals surface area contributed by atoms with Crippen LogP contribution in [-0.2, 0) is 21.2 Å². The highest BCUT2D eigenvalue weighted by molar-refractivity contribution is 7.89. The van der Waals surface area contributed by atoms with Crippen LogP contribution in [0.5, 0.6) is 0 Å². The highest BCUT2D eigenvalue weighted by Crippen LogP contribution is 2.30. The third kappa shape index (κ3) is 2.78. The zero-order chi connectivity index (χ0) is 14.9. The molecule has 1 unspecified atom stereocenters. The van der Waals surface area contributed by atoms with E-state index in [-0.39, 0.29) is 13.2 Å². The molecule has 116 valence electrons. The summed E-state index contributed by atoms with van der Waals surface area (Å²) in [5.41, 5.74) is 1.78. The highest BCUT2D eigenvalue weighted by Gasteiger charge is 2.32. The Morgan fingerprint density at radius 3 is 3.10 bits per heavy atom. The topological polar surface area (TPSA) is 78.9 Å². The molecular weight excluding hydrogens is 292 g/mol. The first-order valence-electron chi connectivity index (χ1n) is 7.21. The van der Waals surface area contributed by atoms with E-state index in [1.54, 1.807) is 12.1 Å². The van der Waals surface area contributed by atoms with E-state index >= 15 is 0 Å². The lowest BCUT2D eigenvalue weighted by Crippen LogP contribution is -2.47. The zero-order valence-electron chi connectivity index (χ0n) is 11.8. The third-order valence-corrected chi connectivity index (χ3v) is 5.92. The first-order chi connectivity index (χ1) is 10.1. The van der Waals surface area contributed by atoms with Crippen LogP contribution in [0.2, 0.25) is 0 Å². The molecule has 6 nitrogen and oxygen atoms in total. The second-order valence-electron chi connectivity index (χ2n) is 5.35. The molecule has 0 aromatic heterocycles. The first kappa shape index (κ1) is 14.8. The third-order valence-electron chi connectivity index (χ3n) is 3.98. The largest absolute Gasteiger partial charge is 0.394 e. The van der Waals surface area contributed by atoms with Crippen molar-refractivity contribution in [3.05, 3.63) is 23.8 Å². The summed E-state index contributed by atoms with van der Waals surface area (Å²) < 4.78 is 32.5. The standard InChI is InChI=1S/C14H20N2O4S/c17-10-11-9-16(7-8-20-11)21(18,19)14-5-1-4-13-12(14)3-2-6-15-13/h1,4-5,11,15,17H,2-3,6-10H2. The number of fused-ring (bicyclic) bond motifs is 1. The number of hydrogen-bond acceptors (Lipinski definition) is 5. The molecule has 7 heteroatoms. The number of nitrogens with one attached hydrogen (secondary N) is 1. The molecule has 0 radical (unpaired) electrons. The molecule has 3 rings (SSSR count). The minimum absolute atomic E-state index is 0.166. The van der Waals surface area contributed by atoms with Gasteiger partial charge in [0.15, 0.2) is 0 Å². The predicted octanol–water partition coefficient (Wildman–Crippen LogP) is 0.426. The van der Waals surface area contributed by atoms with Crippen molar-refractivity contribution in [3.63, 3.8) is 0 Å². The molecule has 21 heavy (non-hydrogen) atoms. The quantitative estimate of drug-likeness (QED) is 0.846. The number of hydrogen-bond donors (Lipinski definition) is 2.